The van der Waals surface area contributed by atoms with Gasteiger partial charge in [0.25, 0.3) is 0 Å². The van der Waals surface area contributed by atoms with Gasteiger partial charge in [0.2, 0.25) is 0 Å². The summed E-state index contributed by atoms with van der Waals surface area (Å²) in [5.41, 5.74) is 4.19. The number of rotatable bonds is 10. The average Bonchev–Trinajstić information content (AvgIpc) is 3.49. The van der Waals surface area contributed by atoms with E-state index in [1.165, 1.54) is 17.7 Å². The number of carbonyl (C=O) groups excluding carboxylic acids is 1. The molecule has 5 heterocycles. The predicted octanol–water partition coefficient (Wildman–Crippen LogP) is 5.15. The van der Waals surface area contributed by atoms with Crippen LogP contribution in [-0.4, -0.2) is 58.7 Å². The molecule has 0 aliphatic carbocycles. The zero-order valence-electron chi connectivity index (χ0n) is 24.7. The summed E-state index contributed by atoms with van der Waals surface area (Å²) in [6, 6.07) is 6.02. The van der Waals surface area contributed by atoms with Gasteiger partial charge in [0.1, 0.15) is 35.4 Å². The molecule has 1 fully saturated rings. The average molecular weight is 578 g/mol. The Hall–Kier alpha value is -3.24. The van der Waals surface area contributed by atoms with E-state index in [1.807, 2.05) is 26.2 Å². The van der Waals surface area contributed by atoms with Crippen LogP contribution in [0.1, 0.15) is 75.3 Å². The Morgan fingerprint density at radius 3 is 2.78 bits per heavy atom. The second-order valence-electron chi connectivity index (χ2n) is 11.9. The quantitative estimate of drug-likeness (QED) is 0.282. The van der Waals surface area contributed by atoms with E-state index in [2.05, 4.69) is 56.3 Å². The summed E-state index contributed by atoms with van der Waals surface area (Å²) in [7, 11) is 0. The highest BCUT2D eigenvalue weighted by Gasteiger charge is 2.28. The van der Waals surface area contributed by atoms with Crippen LogP contribution < -0.4 is 20.9 Å². The molecule has 5 rings (SSSR count). The summed E-state index contributed by atoms with van der Waals surface area (Å²) < 4.78 is 5.72. The molecule has 10 heteroatoms. The first-order valence-electron chi connectivity index (χ1n) is 14.8. The Labute approximate surface area is 247 Å². The molecule has 1 atom stereocenters. The van der Waals surface area contributed by atoms with E-state index in [9.17, 15) is 4.79 Å². The first kappa shape index (κ1) is 29.3. The van der Waals surface area contributed by atoms with Crippen LogP contribution >= 0.6 is 11.3 Å². The number of piperidine rings is 1. The molecular weight excluding hydrogens is 534 g/mol. The Morgan fingerprint density at radius 2 is 2.05 bits per heavy atom. The molecule has 3 aromatic rings. The maximum absolute atomic E-state index is 13.1. The third-order valence-electron chi connectivity index (χ3n) is 7.70. The third kappa shape index (κ3) is 7.54. The van der Waals surface area contributed by atoms with Gasteiger partial charge in [-0.2, -0.15) is 11.3 Å². The summed E-state index contributed by atoms with van der Waals surface area (Å²) in [6.45, 7) is 11.6. The smallest absolute Gasteiger partial charge is 0.325 e. The van der Waals surface area contributed by atoms with Crippen LogP contribution in [0.15, 0.2) is 35.3 Å². The molecule has 0 radical (unpaired) electrons. The van der Waals surface area contributed by atoms with Crippen LogP contribution in [0.4, 0.5) is 17.5 Å². The van der Waals surface area contributed by atoms with Crippen molar-refractivity contribution >= 4 is 34.8 Å². The van der Waals surface area contributed by atoms with Crippen molar-refractivity contribution in [1.29, 1.82) is 0 Å². The first-order valence-corrected chi connectivity index (χ1v) is 15.8. The lowest BCUT2D eigenvalue weighted by molar-refractivity contribution is -0.157. The molecule has 0 amide bonds. The van der Waals surface area contributed by atoms with Gasteiger partial charge in [-0.3, -0.25) is 10.1 Å². The lowest BCUT2D eigenvalue weighted by Gasteiger charge is -2.34. The van der Waals surface area contributed by atoms with E-state index in [0.717, 1.165) is 73.9 Å². The lowest BCUT2D eigenvalue weighted by atomic mass is 9.92. The zero-order valence-corrected chi connectivity index (χ0v) is 25.5. The van der Waals surface area contributed by atoms with Gasteiger partial charge in [0.15, 0.2) is 0 Å². The van der Waals surface area contributed by atoms with Crippen molar-refractivity contribution in [1.82, 2.24) is 20.3 Å². The van der Waals surface area contributed by atoms with Crippen molar-refractivity contribution in [2.24, 2.45) is 0 Å². The first-order chi connectivity index (χ1) is 19.8. The number of anilines is 3. The molecule has 2 aliphatic heterocycles. The van der Waals surface area contributed by atoms with Gasteiger partial charge >= 0.3 is 5.97 Å². The molecule has 220 valence electrons. The van der Waals surface area contributed by atoms with E-state index < -0.39 is 11.6 Å². The summed E-state index contributed by atoms with van der Waals surface area (Å²) in [6.07, 6.45) is 6.77. The van der Waals surface area contributed by atoms with E-state index in [0.29, 0.717) is 19.0 Å². The number of ether oxygens (including phenoxy) is 1. The third-order valence-corrected chi connectivity index (χ3v) is 8.43. The second kappa shape index (κ2) is 13.2. The highest BCUT2D eigenvalue weighted by atomic mass is 32.1. The molecule has 0 aromatic carbocycles. The van der Waals surface area contributed by atoms with Crippen LogP contribution in [0.2, 0.25) is 0 Å². The van der Waals surface area contributed by atoms with Crippen molar-refractivity contribution in [3.05, 3.63) is 57.7 Å². The number of pyridine rings is 1. The molecule has 0 saturated carbocycles. The molecule has 0 spiro atoms. The number of nitrogens with one attached hydrogen (secondary N) is 3. The standard InChI is InChI=1S/C31H43N7O2S/c1-5-24-28(34-18-26(30(39)40-31(2,3)4)33-17-21-12-16-41-19-21)35-20-36-29(24)38-14-10-22(11-15-38)25-9-8-23-7-6-13-32-27(23)37-25/h8-9,12,16,19-20,22,26,33H,5-7,10-11,13-15,17-18H2,1-4H3,(H,32,37)(H,34,35,36)/t26-/m0/s1. The van der Waals surface area contributed by atoms with Crippen LogP contribution in [0, 0.1) is 0 Å². The minimum atomic E-state index is -0.562. The fraction of sp³-hybridized carbons (Fsp3) is 0.548. The van der Waals surface area contributed by atoms with Crippen LogP contribution in [0.25, 0.3) is 0 Å². The van der Waals surface area contributed by atoms with E-state index in [-0.39, 0.29) is 5.97 Å². The Morgan fingerprint density at radius 1 is 1.22 bits per heavy atom. The van der Waals surface area contributed by atoms with Gasteiger partial charge in [-0.05, 0) is 86.9 Å². The van der Waals surface area contributed by atoms with Gasteiger partial charge in [-0.1, -0.05) is 13.0 Å². The highest BCUT2D eigenvalue weighted by Crippen LogP contribution is 2.33. The Kier molecular flexibility index (Phi) is 9.39. The monoisotopic (exact) mass is 577 g/mol. The fourth-order valence-corrected chi connectivity index (χ4v) is 6.22. The maximum Gasteiger partial charge on any atom is 0.325 e. The summed E-state index contributed by atoms with van der Waals surface area (Å²) in [5.74, 6) is 3.00. The molecule has 3 N–H and O–H groups in total. The summed E-state index contributed by atoms with van der Waals surface area (Å²) >= 11 is 1.64. The minimum absolute atomic E-state index is 0.277. The van der Waals surface area contributed by atoms with E-state index in [4.69, 9.17) is 14.7 Å². The predicted molar refractivity (Wildman–Crippen MR) is 166 cm³/mol. The molecule has 0 bridgehead atoms. The van der Waals surface area contributed by atoms with E-state index in [1.54, 1.807) is 17.7 Å². The second-order valence-corrected chi connectivity index (χ2v) is 12.7. The zero-order chi connectivity index (χ0) is 28.8. The summed E-state index contributed by atoms with van der Waals surface area (Å²) in [4.78, 5) is 29.7. The molecular formula is C31H43N7O2S. The van der Waals surface area contributed by atoms with Crippen LogP contribution in [-0.2, 0) is 28.9 Å². The Balaban J connectivity index is 1.24. The fourth-order valence-electron chi connectivity index (χ4n) is 5.56. The van der Waals surface area contributed by atoms with Gasteiger partial charge in [0.05, 0.1) is 0 Å². The summed E-state index contributed by atoms with van der Waals surface area (Å²) in [5, 5.41) is 14.4. The van der Waals surface area contributed by atoms with Crippen molar-refractivity contribution in [2.45, 2.75) is 83.9 Å². The normalized spacial score (nSPS) is 16.5. The number of hydrogen-bond acceptors (Lipinski definition) is 10. The topological polar surface area (TPSA) is 104 Å². The minimum Gasteiger partial charge on any atom is -0.459 e. The lowest BCUT2D eigenvalue weighted by Crippen LogP contribution is -2.45. The number of esters is 1. The number of carbonyl (C=O) groups is 1. The van der Waals surface area contributed by atoms with E-state index >= 15 is 0 Å². The van der Waals surface area contributed by atoms with Crippen LogP contribution in [0.5, 0.6) is 0 Å². The molecule has 1 saturated heterocycles. The van der Waals surface area contributed by atoms with Crippen LogP contribution in [0.3, 0.4) is 0 Å². The van der Waals surface area contributed by atoms with Crippen molar-refractivity contribution in [3.8, 4) is 0 Å². The number of hydrogen-bond donors (Lipinski definition) is 3. The number of nitrogens with zero attached hydrogens (tertiary/aromatic N) is 4. The molecule has 9 nitrogen and oxygen atoms in total. The van der Waals surface area contributed by atoms with Crippen molar-refractivity contribution in [2.75, 3.05) is 41.7 Å². The van der Waals surface area contributed by atoms with Gasteiger partial charge in [-0.15, -0.1) is 0 Å². The Bertz CT molecular complexity index is 1300. The molecule has 41 heavy (non-hydrogen) atoms. The van der Waals surface area contributed by atoms with Gasteiger partial charge < -0.3 is 20.3 Å². The number of thiophene rings is 1. The maximum atomic E-state index is 13.1. The number of aromatic nitrogens is 3. The number of aryl methyl sites for hydroxylation is 1. The molecule has 0 unspecified atom stereocenters. The van der Waals surface area contributed by atoms with Crippen molar-refractivity contribution in [3.63, 3.8) is 0 Å². The highest BCUT2D eigenvalue weighted by molar-refractivity contribution is 7.07. The SMILES string of the molecule is CCc1c(NC[C@H](NCc2ccsc2)C(=O)OC(C)(C)C)ncnc1N1CCC(c2ccc3c(n2)NCCC3)CC1. The number of fused-ring (bicyclic) bond motifs is 1. The molecule has 3 aromatic heterocycles. The largest absolute Gasteiger partial charge is 0.459 e. The van der Waals surface area contributed by atoms with Gasteiger partial charge in [0, 0.05) is 49.9 Å². The van der Waals surface area contributed by atoms with Gasteiger partial charge in [-0.25, -0.2) is 15.0 Å². The van der Waals surface area contributed by atoms with Crippen molar-refractivity contribution < 1.29 is 9.53 Å². The molecule has 2 aliphatic rings.